The number of rotatable bonds is 6. The molecule has 0 heterocycles. The van der Waals surface area contributed by atoms with Crippen molar-refractivity contribution in [3.8, 4) is 0 Å². The minimum Gasteiger partial charge on any atom is -0.338 e. The molecule has 0 bridgehead atoms. The Morgan fingerprint density at radius 1 is 1.18 bits per heavy atom. The van der Waals surface area contributed by atoms with E-state index in [1.54, 1.807) is 0 Å². The van der Waals surface area contributed by atoms with Crippen molar-refractivity contribution in [2.45, 2.75) is 26.2 Å². The van der Waals surface area contributed by atoms with Crippen molar-refractivity contribution in [1.82, 2.24) is 10.6 Å². The third-order valence-electron chi connectivity index (χ3n) is 2.43. The van der Waals surface area contributed by atoms with Crippen LogP contribution in [0.3, 0.4) is 0 Å². The number of unbranched alkanes of at least 4 members (excludes halogenated alkanes) is 1. The summed E-state index contributed by atoms with van der Waals surface area (Å²) in [6, 6.07) is 8.06. The summed E-state index contributed by atoms with van der Waals surface area (Å²) < 4.78 is 1.08. The highest BCUT2D eigenvalue weighted by Crippen LogP contribution is 2.10. The molecule has 0 spiro atoms. The topological polar surface area (TPSA) is 41.1 Å². The van der Waals surface area contributed by atoms with Gasteiger partial charge in [0.2, 0.25) is 0 Å². The van der Waals surface area contributed by atoms with E-state index in [-0.39, 0.29) is 6.03 Å². The number of carbonyl (C=O) groups is 1. The first kappa shape index (κ1) is 14.0. The van der Waals surface area contributed by atoms with Gasteiger partial charge in [0.15, 0.2) is 0 Å². The van der Waals surface area contributed by atoms with E-state index in [1.165, 1.54) is 5.56 Å². The van der Waals surface area contributed by atoms with E-state index in [0.717, 1.165) is 30.3 Å². The van der Waals surface area contributed by atoms with Crippen LogP contribution in [0.15, 0.2) is 28.7 Å². The Bertz CT molecular complexity index is 338. The average Bonchev–Trinajstić information content (AvgIpc) is 2.32. The molecule has 0 radical (unpaired) electrons. The normalized spacial score (nSPS) is 10.0. The lowest BCUT2D eigenvalue weighted by molar-refractivity contribution is 0.241. The second-order valence-corrected chi connectivity index (χ2v) is 4.83. The summed E-state index contributed by atoms with van der Waals surface area (Å²) in [6.45, 7) is 3.52. The molecule has 0 aliphatic rings. The standard InChI is InChI=1S/C13H19BrN2O/c1-2-3-9-15-13(17)16-10-8-11-4-6-12(14)7-5-11/h4-7H,2-3,8-10H2,1H3,(H2,15,16,17). The molecule has 1 rings (SSSR count). The average molecular weight is 299 g/mol. The number of amides is 2. The van der Waals surface area contributed by atoms with E-state index in [2.05, 4.69) is 45.6 Å². The van der Waals surface area contributed by atoms with Gasteiger partial charge < -0.3 is 10.6 Å². The van der Waals surface area contributed by atoms with Gasteiger partial charge in [-0.3, -0.25) is 0 Å². The predicted octanol–water partition coefficient (Wildman–Crippen LogP) is 3.09. The van der Waals surface area contributed by atoms with Gasteiger partial charge in [-0.1, -0.05) is 41.4 Å². The van der Waals surface area contributed by atoms with Crippen LogP contribution in [0.1, 0.15) is 25.3 Å². The highest BCUT2D eigenvalue weighted by molar-refractivity contribution is 9.10. The third kappa shape index (κ3) is 6.31. The van der Waals surface area contributed by atoms with E-state index >= 15 is 0 Å². The summed E-state index contributed by atoms with van der Waals surface area (Å²) in [5.41, 5.74) is 1.22. The molecule has 0 aromatic heterocycles. The summed E-state index contributed by atoms with van der Waals surface area (Å²) in [5.74, 6) is 0. The minimum atomic E-state index is -0.0736. The van der Waals surface area contributed by atoms with Crippen LogP contribution in [0, 0.1) is 0 Å². The molecule has 94 valence electrons. The van der Waals surface area contributed by atoms with Gasteiger partial charge in [-0.15, -0.1) is 0 Å². The van der Waals surface area contributed by atoms with Crippen molar-refractivity contribution in [1.29, 1.82) is 0 Å². The Kier molecular flexibility index (Phi) is 6.70. The van der Waals surface area contributed by atoms with E-state index in [4.69, 9.17) is 0 Å². The first-order chi connectivity index (χ1) is 8.22. The minimum absolute atomic E-state index is 0.0736. The first-order valence-electron chi connectivity index (χ1n) is 5.98. The molecule has 2 amide bonds. The molecule has 3 nitrogen and oxygen atoms in total. The van der Waals surface area contributed by atoms with Crippen molar-refractivity contribution >= 4 is 22.0 Å². The van der Waals surface area contributed by atoms with E-state index in [0.29, 0.717) is 6.54 Å². The summed E-state index contributed by atoms with van der Waals surface area (Å²) in [5, 5.41) is 5.66. The molecule has 4 heteroatoms. The fourth-order valence-corrected chi connectivity index (χ4v) is 1.68. The maximum absolute atomic E-state index is 11.3. The Balaban J connectivity index is 2.14. The quantitative estimate of drug-likeness (QED) is 0.779. The second kappa shape index (κ2) is 8.12. The van der Waals surface area contributed by atoms with Crippen molar-refractivity contribution in [3.05, 3.63) is 34.3 Å². The number of hydrogen-bond donors (Lipinski definition) is 2. The molecular weight excluding hydrogens is 280 g/mol. The lowest BCUT2D eigenvalue weighted by atomic mass is 10.1. The molecular formula is C13H19BrN2O. The molecule has 0 aliphatic heterocycles. The lowest BCUT2D eigenvalue weighted by Crippen LogP contribution is -2.37. The van der Waals surface area contributed by atoms with E-state index in [9.17, 15) is 4.79 Å². The van der Waals surface area contributed by atoms with Gasteiger partial charge >= 0.3 is 6.03 Å². The van der Waals surface area contributed by atoms with E-state index in [1.807, 2.05) is 12.1 Å². The highest BCUT2D eigenvalue weighted by atomic mass is 79.9. The Hall–Kier alpha value is -1.03. The van der Waals surface area contributed by atoms with Gasteiger partial charge in [0, 0.05) is 17.6 Å². The van der Waals surface area contributed by atoms with Crippen LogP contribution in [0.2, 0.25) is 0 Å². The number of urea groups is 1. The first-order valence-corrected chi connectivity index (χ1v) is 6.78. The van der Waals surface area contributed by atoms with Crippen LogP contribution >= 0.6 is 15.9 Å². The van der Waals surface area contributed by atoms with Gasteiger partial charge in [0.25, 0.3) is 0 Å². The SMILES string of the molecule is CCCCNC(=O)NCCc1ccc(Br)cc1. The predicted molar refractivity (Wildman–Crippen MR) is 74.2 cm³/mol. The van der Waals surface area contributed by atoms with Crippen molar-refractivity contribution in [3.63, 3.8) is 0 Å². The van der Waals surface area contributed by atoms with Crippen LogP contribution in [0.5, 0.6) is 0 Å². The molecule has 0 saturated carbocycles. The van der Waals surface area contributed by atoms with Crippen molar-refractivity contribution in [2.24, 2.45) is 0 Å². The molecule has 0 saturated heterocycles. The van der Waals surface area contributed by atoms with Gasteiger partial charge in [-0.25, -0.2) is 4.79 Å². The Labute approximate surface area is 111 Å². The summed E-state index contributed by atoms with van der Waals surface area (Å²) in [7, 11) is 0. The fraction of sp³-hybridized carbons (Fsp3) is 0.462. The molecule has 0 unspecified atom stereocenters. The monoisotopic (exact) mass is 298 g/mol. The van der Waals surface area contributed by atoms with Crippen molar-refractivity contribution in [2.75, 3.05) is 13.1 Å². The maximum atomic E-state index is 11.3. The fourth-order valence-electron chi connectivity index (χ4n) is 1.41. The van der Waals surface area contributed by atoms with Crippen LogP contribution in [0.25, 0.3) is 0 Å². The number of hydrogen-bond acceptors (Lipinski definition) is 1. The Morgan fingerprint density at radius 3 is 2.47 bits per heavy atom. The van der Waals surface area contributed by atoms with Crippen LogP contribution in [-0.2, 0) is 6.42 Å². The van der Waals surface area contributed by atoms with Gasteiger partial charge in [0.1, 0.15) is 0 Å². The maximum Gasteiger partial charge on any atom is 0.314 e. The zero-order chi connectivity index (χ0) is 12.5. The Morgan fingerprint density at radius 2 is 1.82 bits per heavy atom. The van der Waals surface area contributed by atoms with Crippen LogP contribution < -0.4 is 10.6 Å². The largest absolute Gasteiger partial charge is 0.338 e. The van der Waals surface area contributed by atoms with E-state index < -0.39 is 0 Å². The molecule has 0 atom stereocenters. The number of halogens is 1. The number of carbonyl (C=O) groups excluding carboxylic acids is 1. The second-order valence-electron chi connectivity index (χ2n) is 3.91. The zero-order valence-corrected chi connectivity index (χ0v) is 11.7. The van der Waals surface area contributed by atoms with Gasteiger partial charge in [-0.2, -0.15) is 0 Å². The number of nitrogens with one attached hydrogen (secondary N) is 2. The summed E-state index contributed by atoms with van der Waals surface area (Å²) >= 11 is 3.39. The molecule has 17 heavy (non-hydrogen) atoms. The highest BCUT2D eigenvalue weighted by Gasteiger charge is 1.98. The van der Waals surface area contributed by atoms with Gasteiger partial charge in [-0.05, 0) is 30.5 Å². The lowest BCUT2D eigenvalue weighted by Gasteiger charge is -2.07. The van der Waals surface area contributed by atoms with Crippen LogP contribution in [-0.4, -0.2) is 19.1 Å². The summed E-state index contributed by atoms with van der Waals surface area (Å²) in [4.78, 5) is 11.3. The molecule has 1 aromatic rings. The molecule has 0 fully saturated rings. The summed E-state index contributed by atoms with van der Waals surface area (Å²) in [6.07, 6.45) is 2.98. The zero-order valence-electron chi connectivity index (χ0n) is 10.1. The third-order valence-corrected chi connectivity index (χ3v) is 2.96. The van der Waals surface area contributed by atoms with Crippen molar-refractivity contribution < 1.29 is 4.79 Å². The van der Waals surface area contributed by atoms with Gasteiger partial charge in [0.05, 0.1) is 0 Å². The molecule has 2 N–H and O–H groups in total. The molecule has 1 aromatic carbocycles. The molecule has 0 aliphatic carbocycles. The number of benzene rings is 1. The smallest absolute Gasteiger partial charge is 0.314 e. The van der Waals surface area contributed by atoms with Crippen LogP contribution in [0.4, 0.5) is 4.79 Å².